The molecule has 4 rings (SSSR count). The number of nitrogen functional groups attached to an aromatic ring is 1. The molecule has 0 saturated carbocycles. The standard InChI is InChI=1S/C33H43N5O7S2/c1-22-19-38(23(2)21-39)33(42)25-18-24(15-16-28(25)45-29(22)20-37(3)47(43,44)32-14-9-17-46-32)35-30(40)12-5-4-6-13-31(41)36-27-11-8-7-10-26(27)34/h7-11,14-18,22-23,29,39H,4-6,12-13,19-21,34H2,1-3H3,(H,35,40)(H,36,41)/t22-,23+,29+/m0/s1. The van der Waals surface area contributed by atoms with E-state index in [9.17, 15) is 27.9 Å². The maximum absolute atomic E-state index is 13.7. The number of sulfonamides is 1. The highest BCUT2D eigenvalue weighted by molar-refractivity contribution is 7.91. The Morgan fingerprint density at radius 2 is 1.79 bits per heavy atom. The number of hydrogen-bond acceptors (Lipinski definition) is 9. The fourth-order valence-corrected chi connectivity index (χ4v) is 7.61. The summed E-state index contributed by atoms with van der Waals surface area (Å²) < 4.78 is 34.1. The molecule has 0 unspecified atom stereocenters. The maximum atomic E-state index is 13.7. The summed E-state index contributed by atoms with van der Waals surface area (Å²) in [6.45, 7) is 3.62. The number of unbranched alkanes of at least 4 members (excludes halogenated alkanes) is 2. The van der Waals surface area contributed by atoms with Gasteiger partial charge in [0, 0.05) is 38.0 Å². The lowest BCUT2D eigenvalue weighted by Crippen LogP contribution is -2.50. The van der Waals surface area contributed by atoms with Crippen molar-refractivity contribution in [1.82, 2.24) is 9.21 Å². The molecule has 0 saturated heterocycles. The number of amides is 3. The molecule has 12 nitrogen and oxygen atoms in total. The molecule has 5 N–H and O–H groups in total. The van der Waals surface area contributed by atoms with Crippen molar-refractivity contribution < 1.29 is 32.6 Å². The van der Waals surface area contributed by atoms with Crippen molar-refractivity contribution in [2.75, 3.05) is 43.1 Å². The Labute approximate surface area is 279 Å². The molecule has 1 aliphatic heterocycles. The molecular formula is C33H43N5O7S2. The number of para-hydroxylation sites is 2. The molecule has 47 heavy (non-hydrogen) atoms. The number of fused-ring (bicyclic) bond motifs is 1. The number of ether oxygens (including phenoxy) is 1. The fourth-order valence-electron chi connectivity index (χ4n) is 5.23. The van der Waals surface area contributed by atoms with Crippen LogP contribution in [-0.2, 0) is 19.6 Å². The summed E-state index contributed by atoms with van der Waals surface area (Å²) in [7, 11) is -2.23. The van der Waals surface area contributed by atoms with Gasteiger partial charge < -0.3 is 31.1 Å². The maximum Gasteiger partial charge on any atom is 0.258 e. The monoisotopic (exact) mass is 685 g/mol. The van der Waals surface area contributed by atoms with E-state index in [1.807, 2.05) is 6.92 Å². The normalized spacial score (nSPS) is 17.3. The van der Waals surface area contributed by atoms with Gasteiger partial charge in [-0.05, 0) is 61.5 Å². The van der Waals surface area contributed by atoms with E-state index in [1.54, 1.807) is 71.8 Å². The second-order valence-corrected chi connectivity index (χ2v) is 15.0. The van der Waals surface area contributed by atoms with Gasteiger partial charge in [-0.1, -0.05) is 31.5 Å². The molecule has 0 radical (unpaired) electrons. The number of hydrogen-bond donors (Lipinski definition) is 4. The lowest BCUT2D eigenvalue weighted by Gasteiger charge is -2.38. The predicted octanol–water partition coefficient (Wildman–Crippen LogP) is 4.40. The van der Waals surface area contributed by atoms with Gasteiger partial charge in [-0.3, -0.25) is 14.4 Å². The minimum absolute atomic E-state index is 0.0385. The van der Waals surface area contributed by atoms with E-state index >= 15 is 0 Å². The largest absolute Gasteiger partial charge is 0.488 e. The van der Waals surface area contributed by atoms with Crippen LogP contribution >= 0.6 is 11.3 Å². The second kappa shape index (κ2) is 16.2. The van der Waals surface area contributed by atoms with E-state index in [2.05, 4.69) is 10.6 Å². The first-order valence-corrected chi connectivity index (χ1v) is 17.9. The minimum atomic E-state index is -3.73. The van der Waals surface area contributed by atoms with E-state index in [0.29, 0.717) is 42.7 Å². The van der Waals surface area contributed by atoms with Crippen LogP contribution in [0, 0.1) is 5.92 Å². The topological polar surface area (TPSA) is 171 Å². The highest BCUT2D eigenvalue weighted by Crippen LogP contribution is 2.31. The quantitative estimate of drug-likeness (QED) is 0.143. The zero-order chi connectivity index (χ0) is 34.1. The second-order valence-electron chi connectivity index (χ2n) is 11.8. The van der Waals surface area contributed by atoms with Gasteiger partial charge in [0.15, 0.2) is 0 Å². The van der Waals surface area contributed by atoms with Crippen LogP contribution in [0.25, 0.3) is 0 Å². The van der Waals surface area contributed by atoms with Crippen molar-refractivity contribution in [2.24, 2.45) is 5.92 Å². The highest BCUT2D eigenvalue weighted by Gasteiger charge is 2.35. The van der Waals surface area contributed by atoms with Crippen LogP contribution in [0.5, 0.6) is 5.75 Å². The predicted molar refractivity (Wildman–Crippen MR) is 183 cm³/mol. The molecule has 0 bridgehead atoms. The molecular weight excluding hydrogens is 643 g/mol. The van der Waals surface area contributed by atoms with Gasteiger partial charge in [-0.15, -0.1) is 11.3 Å². The average molecular weight is 686 g/mol. The fraction of sp³-hybridized carbons (Fsp3) is 0.424. The number of rotatable bonds is 14. The molecule has 0 aliphatic carbocycles. The summed E-state index contributed by atoms with van der Waals surface area (Å²) in [5, 5.41) is 17.3. The first kappa shape index (κ1) is 35.9. The van der Waals surface area contributed by atoms with Gasteiger partial charge >= 0.3 is 0 Å². The van der Waals surface area contributed by atoms with Crippen molar-refractivity contribution in [2.45, 2.75) is 62.3 Å². The first-order valence-electron chi connectivity index (χ1n) is 15.6. The van der Waals surface area contributed by atoms with Crippen molar-refractivity contribution in [3.8, 4) is 5.75 Å². The number of benzene rings is 2. The van der Waals surface area contributed by atoms with Gasteiger partial charge in [-0.2, -0.15) is 4.31 Å². The summed E-state index contributed by atoms with van der Waals surface area (Å²) in [6.07, 6.45) is 1.78. The molecule has 2 aromatic carbocycles. The van der Waals surface area contributed by atoms with Crippen LogP contribution in [0.3, 0.4) is 0 Å². The molecule has 3 aromatic rings. The number of carbonyl (C=O) groups is 3. The Morgan fingerprint density at radius 1 is 1.09 bits per heavy atom. The van der Waals surface area contributed by atoms with Crippen LogP contribution in [-0.4, -0.2) is 79.3 Å². The van der Waals surface area contributed by atoms with E-state index < -0.39 is 22.2 Å². The van der Waals surface area contributed by atoms with Gasteiger partial charge in [-0.25, -0.2) is 8.42 Å². The third-order valence-electron chi connectivity index (χ3n) is 8.09. The molecule has 1 aromatic heterocycles. The Balaban J connectivity index is 1.39. The van der Waals surface area contributed by atoms with E-state index in [1.165, 1.54) is 11.4 Å². The lowest BCUT2D eigenvalue weighted by atomic mass is 9.99. The summed E-state index contributed by atoms with van der Waals surface area (Å²) in [5.41, 5.74) is 7.55. The molecule has 0 fully saturated rings. The SMILES string of the molecule is C[C@H](CO)N1C[C@H](C)[C@@H](CN(C)S(=O)(=O)c2cccs2)Oc2ccc(NC(=O)CCCCCC(=O)Nc3ccccc3N)cc2C1=O. The highest BCUT2D eigenvalue weighted by atomic mass is 32.2. The number of likely N-dealkylation sites (N-methyl/N-ethyl adjacent to an activating group) is 1. The van der Waals surface area contributed by atoms with Crippen LogP contribution in [0.4, 0.5) is 17.1 Å². The third kappa shape index (κ3) is 9.31. The van der Waals surface area contributed by atoms with Gasteiger partial charge in [0.05, 0.1) is 36.1 Å². The van der Waals surface area contributed by atoms with E-state index in [4.69, 9.17) is 10.5 Å². The molecule has 3 atom stereocenters. The molecule has 254 valence electrons. The zero-order valence-electron chi connectivity index (χ0n) is 26.8. The van der Waals surface area contributed by atoms with Gasteiger partial charge in [0.25, 0.3) is 15.9 Å². The minimum Gasteiger partial charge on any atom is -0.488 e. The summed E-state index contributed by atoms with van der Waals surface area (Å²) in [6, 6.07) is 14.6. The Bertz CT molecular complexity index is 1650. The zero-order valence-corrected chi connectivity index (χ0v) is 28.5. The molecule has 0 spiro atoms. The Kier molecular flexibility index (Phi) is 12.4. The number of nitrogens with two attached hydrogens (primary N) is 1. The Hall–Kier alpha value is -3.98. The molecule has 1 aliphatic rings. The Morgan fingerprint density at radius 3 is 2.45 bits per heavy atom. The lowest BCUT2D eigenvalue weighted by molar-refractivity contribution is -0.116. The molecule has 3 amide bonds. The summed E-state index contributed by atoms with van der Waals surface area (Å²) in [4.78, 5) is 40.3. The number of aliphatic hydroxyl groups excluding tert-OH is 1. The molecule has 14 heteroatoms. The van der Waals surface area contributed by atoms with Crippen molar-refractivity contribution in [1.29, 1.82) is 0 Å². The summed E-state index contributed by atoms with van der Waals surface area (Å²) >= 11 is 1.13. The van der Waals surface area contributed by atoms with Crippen LogP contribution in [0.2, 0.25) is 0 Å². The van der Waals surface area contributed by atoms with E-state index in [0.717, 1.165) is 11.3 Å². The number of aliphatic hydroxyl groups is 1. The first-order chi connectivity index (χ1) is 22.4. The average Bonchev–Trinajstić information content (AvgIpc) is 3.60. The van der Waals surface area contributed by atoms with E-state index in [-0.39, 0.29) is 65.3 Å². The number of anilines is 3. The number of carbonyl (C=O) groups excluding carboxylic acids is 3. The van der Waals surface area contributed by atoms with Crippen molar-refractivity contribution in [3.63, 3.8) is 0 Å². The van der Waals surface area contributed by atoms with Crippen molar-refractivity contribution >= 4 is 56.1 Å². The van der Waals surface area contributed by atoms with Crippen LogP contribution < -0.4 is 21.1 Å². The molecule has 2 heterocycles. The summed E-state index contributed by atoms with van der Waals surface area (Å²) in [5.74, 6) is -0.755. The van der Waals surface area contributed by atoms with Crippen LogP contribution in [0.1, 0.15) is 56.3 Å². The smallest absolute Gasteiger partial charge is 0.258 e. The third-order valence-corrected chi connectivity index (χ3v) is 11.3. The van der Waals surface area contributed by atoms with Gasteiger partial charge in [0.2, 0.25) is 11.8 Å². The number of nitrogens with one attached hydrogen (secondary N) is 2. The van der Waals surface area contributed by atoms with Gasteiger partial charge in [0.1, 0.15) is 16.1 Å². The number of nitrogens with zero attached hydrogens (tertiary/aromatic N) is 2. The number of thiophene rings is 1. The van der Waals surface area contributed by atoms with Crippen LogP contribution in [0.15, 0.2) is 64.2 Å². The van der Waals surface area contributed by atoms with Crippen molar-refractivity contribution in [3.05, 3.63) is 65.5 Å².